The van der Waals surface area contributed by atoms with Crippen molar-refractivity contribution in [2.45, 2.75) is 51.6 Å². The maximum atomic E-state index is 12.9. The first kappa shape index (κ1) is 16.8. The minimum atomic E-state index is -1.04. The van der Waals surface area contributed by atoms with E-state index in [1.165, 1.54) is 12.1 Å². The summed E-state index contributed by atoms with van der Waals surface area (Å²) >= 11 is 0. The van der Waals surface area contributed by atoms with E-state index in [1.54, 1.807) is 11.8 Å². The maximum absolute atomic E-state index is 12.9. The van der Waals surface area contributed by atoms with E-state index in [2.05, 4.69) is 11.9 Å². The summed E-state index contributed by atoms with van der Waals surface area (Å²) in [6.07, 6.45) is 3.12. The van der Waals surface area contributed by atoms with Crippen LogP contribution in [0.1, 0.15) is 70.2 Å². The van der Waals surface area contributed by atoms with Crippen LogP contribution in [0.5, 0.6) is 0 Å². The van der Waals surface area contributed by atoms with Crippen molar-refractivity contribution in [1.82, 2.24) is 9.88 Å². The molecule has 2 aliphatic carbocycles. The summed E-state index contributed by atoms with van der Waals surface area (Å²) in [5, 5.41) is 9.12. The van der Waals surface area contributed by atoms with E-state index >= 15 is 0 Å². The smallest absolute Gasteiger partial charge is 0.337 e. The Morgan fingerprint density at radius 2 is 2.00 bits per heavy atom. The molecule has 2 aromatic heterocycles. The van der Waals surface area contributed by atoms with Gasteiger partial charge in [-0.05, 0) is 56.4 Å². The summed E-state index contributed by atoms with van der Waals surface area (Å²) in [7, 11) is 0. The number of aromatic nitrogens is 1. The van der Waals surface area contributed by atoms with Crippen molar-refractivity contribution in [2.75, 3.05) is 0 Å². The number of carboxylic acids is 1. The number of amides is 1. The fourth-order valence-corrected chi connectivity index (χ4v) is 3.37. The maximum Gasteiger partial charge on any atom is 0.337 e. The van der Waals surface area contributed by atoms with Crippen molar-refractivity contribution in [2.24, 2.45) is 5.92 Å². The molecule has 0 spiro atoms. The van der Waals surface area contributed by atoms with Gasteiger partial charge in [0.15, 0.2) is 0 Å². The number of pyridine rings is 1. The highest BCUT2D eigenvalue weighted by Gasteiger charge is 2.38. The van der Waals surface area contributed by atoms with Gasteiger partial charge in [-0.3, -0.25) is 4.79 Å². The lowest BCUT2D eigenvalue weighted by atomic mass is 10.1. The van der Waals surface area contributed by atoms with Crippen LogP contribution in [0.4, 0.5) is 0 Å². The molecule has 0 aliphatic heterocycles. The second-order valence-electron chi connectivity index (χ2n) is 7.42. The molecule has 0 saturated heterocycles. The third kappa shape index (κ3) is 3.23. The Kier molecular flexibility index (Phi) is 4.05. The van der Waals surface area contributed by atoms with E-state index in [4.69, 9.17) is 9.52 Å². The SMILES string of the molecule is Cc1nc(C(=O)N(Cc2ccc(C3CC3C)o2)C2CC2)ccc1C(=O)O. The van der Waals surface area contributed by atoms with Gasteiger partial charge in [-0.2, -0.15) is 0 Å². The van der Waals surface area contributed by atoms with E-state index in [1.807, 2.05) is 12.1 Å². The topological polar surface area (TPSA) is 83.6 Å². The molecule has 26 heavy (non-hydrogen) atoms. The molecule has 6 heteroatoms. The molecule has 2 aromatic rings. The number of carbonyl (C=O) groups excluding carboxylic acids is 1. The number of hydrogen-bond acceptors (Lipinski definition) is 4. The van der Waals surface area contributed by atoms with E-state index in [0.717, 1.165) is 30.8 Å². The van der Waals surface area contributed by atoms with Gasteiger partial charge in [-0.15, -0.1) is 0 Å². The van der Waals surface area contributed by atoms with Crippen molar-refractivity contribution < 1.29 is 19.1 Å². The summed E-state index contributed by atoms with van der Waals surface area (Å²) in [5.41, 5.74) is 0.748. The second kappa shape index (κ2) is 6.27. The number of rotatable bonds is 6. The highest BCUT2D eigenvalue weighted by Crippen LogP contribution is 2.47. The Hall–Kier alpha value is -2.63. The summed E-state index contributed by atoms with van der Waals surface area (Å²) in [5.74, 6) is 1.78. The van der Waals surface area contributed by atoms with Crippen LogP contribution in [-0.4, -0.2) is 32.9 Å². The Bertz CT molecular complexity index is 868. The molecule has 0 aromatic carbocycles. The van der Waals surface area contributed by atoms with Crippen LogP contribution in [0, 0.1) is 12.8 Å². The molecule has 4 rings (SSSR count). The fourth-order valence-electron chi connectivity index (χ4n) is 3.37. The van der Waals surface area contributed by atoms with E-state index in [9.17, 15) is 9.59 Å². The first-order valence-corrected chi connectivity index (χ1v) is 9.04. The minimum Gasteiger partial charge on any atom is -0.478 e. The number of nitrogens with zero attached hydrogens (tertiary/aromatic N) is 2. The van der Waals surface area contributed by atoms with Crippen LogP contribution in [-0.2, 0) is 6.54 Å². The molecule has 0 bridgehead atoms. The van der Waals surface area contributed by atoms with Crippen molar-refractivity contribution in [3.05, 3.63) is 52.7 Å². The quantitative estimate of drug-likeness (QED) is 0.857. The fraction of sp³-hybridized carbons (Fsp3) is 0.450. The molecule has 2 fully saturated rings. The zero-order valence-corrected chi connectivity index (χ0v) is 14.9. The summed E-state index contributed by atoms with van der Waals surface area (Å²) in [6, 6.07) is 7.12. The standard InChI is InChI=1S/C20H22N2O4/c1-11-9-16(11)18-8-5-14(26-18)10-22(13-3-4-13)19(23)17-7-6-15(20(24)25)12(2)21-17/h5-8,11,13,16H,3-4,9-10H2,1-2H3,(H,24,25). The van der Waals surface area contributed by atoms with Crippen molar-refractivity contribution in [3.8, 4) is 0 Å². The van der Waals surface area contributed by atoms with Crippen LogP contribution in [0.15, 0.2) is 28.7 Å². The van der Waals surface area contributed by atoms with Gasteiger partial charge in [-0.1, -0.05) is 6.92 Å². The molecule has 2 unspecified atom stereocenters. The first-order valence-electron chi connectivity index (χ1n) is 9.04. The van der Waals surface area contributed by atoms with Gasteiger partial charge in [-0.25, -0.2) is 9.78 Å². The third-order valence-electron chi connectivity index (χ3n) is 5.27. The molecule has 2 saturated carbocycles. The van der Waals surface area contributed by atoms with Gasteiger partial charge >= 0.3 is 5.97 Å². The number of carbonyl (C=O) groups is 2. The average Bonchev–Trinajstić information content (AvgIpc) is 3.52. The number of hydrogen-bond donors (Lipinski definition) is 1. The van der Waals surface area contributed by atoms with Crippen LogP contribution in [0.2, 0.25) is 0 Å². The van der Waals surface area contributed by atoms with Gasteiger partial charge in [0.1, 0.15) is 17.2 Å². The zero-order valence-electron chi connectivity index (χ0n) is 14.9. The van der Waals surface area contributed by atoms with Gasteiger partial charge in [0.25, 0.3) is 5.91 Å². The Labute approximate surface area is 151 Å². The van der Waals surface area contributed by atoms with Gasteiger partial charge in [0, 0.05) is 12.0 Å². The molecule has 1 amide bonds. The minimum absolute atomic E-state index is 0.119. The predicted octanol–water partition coefficient (Wildman–Crippen LogP) is 3.61. The van der Waals surface area contributed by atoms with Crippen molar-refractivity contribution in [1.29, 1.82) is 0 Å². The lowest BCUT2D eigenvalue weighted by molar-refractivity contribution is 0.0686. The first-order chi connectivity index (χ1) is 12.4. The Morgan fingerprint density at radius 1 is 1.27 bits per heavy atom. The van der Waals surface area contributed by atoms with Gasteiger partial charge in [0.05, 0.1) is 17.8 Å². The molecule has 1 N–H and O–H groups in total. The van der Waals surface area contributed by atoms with E-state index in [-0.39, 0.29) is 23.2 Å². The average molecular weight is 354 g/mol. The van der Waals surface area contributed by atoms with Gasteiger partial charge in [0.2, 0.25) is 0 Å². The molecule has 2 aliphatic rings. The lowest BCUT2D eigenvalue weighted by Crippen LogP contribution is -2.33. The van der Waals surface area contributed by atoms with E-state index < -0.39 is 5.97 Å². The second-order valence-corrected chi connectivity index (χ2v) is 7.42. The number of aryl methyl sites for hydroxylation is 1. The normalized spacial score (nSPS) is 21.5. The van der Waals surface area contributed by atoms with Gasteiger partial charge < -0.3 is 14.4 Å². The highest BCUT2D eigenvalue weighted by atomic mass is 16.4. The predicted molar refractivity (Wildman–Crippen MR) is 94.1 cm³/mol. The molecule has 2 atom stereocenters. The van der Waals surface area contributed by atoms with Crippen molar-refractivity contribution in [3.63, 3.8) is 0 Å². The molecular formula is C20H22N2O4. The number of furan rings is 1. The van der Waals surface area contributed by atoms with Crippen LogP contribution in [0.25, 0.3) is 0 Å². The van der Waals surface area contributed by atoms with Crippen molar-refractivity contribution >= 4 is 11.9 Å². The summed E-state index contributed by atoms with van der Waals surface area (Å²) < 4.78 is 5.95. The van der Waals surface area contributed by atoms with Crippen LogP contribution < -0.4 is 0 Å². The molecule has 6 nitrogen and oxygen atoms in total. The van der Waals surface area contributed by atoms with Crippen LogP contribution in [0.3, 0.4) is 0 Å². The zero-order chi connectivity index (χ0) is 18.4. The summed E-state index contributed by atoms with van der Waals surface area (Å²) in [6.45, 7) is 4.24. The number of carboxylic acid groups (broad SMARTS) is 1. The van der Waals surface area contributed by atoms with E-state index in [0.29, 0.717) is 24.1 Å². The Morgan fingerprint density at radius 3 is 2.58 bits per heavy atom. The molecule has 136 valence electrons. The molecule has 2 heterocycles. The number of aromatic carboxylic acids is 1. The lowest BCUT2D eigenvalue weighted by Gasteiger charge is -2.21. The Balaban J connectivity index is 1.53. The highest BCUT2D eigenvalue weighted by molar-refractivity contribution is 5.94. The largest absolute Gasteiger partial charge is 0.478 e. The molecule has 0 radical (unpaired) electrons. The monoisotopic (exact) mass is 354 g/mol. The molecular weight excluding hydrogens is 332 g/mol. The van der Waals surface area contributed by atoms with Crippen LogP contribution >= 0.6 is 0 Å². The summed E-state index contributed by atoms with van der Waals surface area (Å²) in [4.78, 5) is 30.1. The third-order valence-corrected chi connectivity index (χ3v) is 5.27.